The highest BCUT2D eigenvalue weighted by molar-refractivity contribution is 5.88. The fraction of sp³-hybridized carbons (Fsp3) is 0.409. The highest BCUT2D eigenvalue weighted by Gasteiger charge is 2.25. The van der Waals surface area contributed by atoms with Crippen LogP contribution in [0.5, 0.6) is 5.75 Å². The van der Waals surface area contributed by atoms with Gasteiger partial charge < -0.3 is 24.8 Å². The van der Waals surface area contributed by atoms with Crippen molar-refractivity contribution in [3.05, 3.63) is 48.1 Å². The van der Waals surface area contributed by atoms with Crippen LogP contribution in [0.1, 0.15) is 32.2 Å². The van der Waals surface area contributed by atoms with Crippen molar-refractivity contribution >= 4 is 23.6 Å². The van der Waals surface area contributed by atoms with Crippen LogP contribution in [0.3, 0.4) is 0 Å². The van der Waals surface area contributed by atoms with Crippen molar-refractivity contribution in [1.29, 1.82) is 0 Å². The zero-order chi connectivity index (χ0) is 23.4. The lowest BCUT2D eigenvalue weighted by Gasteiger charge is -2.35. The lowest BCUT2D eigenvalue weighted by atomic mass is 9.93. The summed E-state index contributed by atoms with van der Waals surface area (Å²) in [7, 11) is 0. The lowest BCUT2D eigenvalue weighted by molar-refractivity contribution is 0.207. The molecule has 1 aliphatic rings. The Bertz CT molecular complexity index is 1100. The van der Waals surface area contributed by atoms with E-state index in [1.165, 1.54) is 0 Å². The van der Waals surface area contributed by atoms with E-state index in [1.54, 1.807) is 29.4 Å². The number of hydrogen-bond acceptors (Lipinski definition) is 9. The van der Waals surface area contributed by atoms with Crippen LogP contribution in [0.25, 0.3) is 0 Å². The maximum Gasteiger partial charge on any atom is 0.323 e. The molecule has 0 saturated carbocycles. The van der Waals surface area contributed by atoms with Crippen molar-refractivity contribution in [3.8, 4) is 5.75 Å². The third-order valence-corrected chi connectivity index (χ3v) is 5.21. The van der Waals surface area contributed by atoms with Crippen LogP contribution in [0.4, 0.5) is 22.4 Å². The molecule has 0 radical (unpaired) electrons. The summed E-state index contributed by atoms with van der Waals surface area (Å²) in [6.45, 7) is 8.63. The molecule has 1 saturated heterocycles. The van der Waals surface area contributed by atoms with E-state index < -0.39 is 0 Å². The molecule has 0 aliphatic carbocycles. The Kier molecular flexibility index (Phi) is 6.29. The number of hydrogen-bond donors (Lipinski definition) is 2. The van der Waals surface area contributed by atoms with Gasteiger partial charge >= 0.3 is 6.03 Å². The molecule has 11 nitrogen and oxygen atoms in total. The molecule has 0 atom stereocenters. The molecule has 1 fully saturated rings. The van der Waals surface area contributed by atoms with E-state index in [9.17, 15) is 4.79 Å². The van der Waals surface area contributed by atoms with E-state index in [0.717, 1.165) is 11.6 Å². The number of carbonyl (C=O) groups excluding carboxylic acids is 1. The molecule has 4 heterocycles. The number of carbonyl (C=O) groups is 1. The first kappa shape index (κ1) is 22.3. The molecular formula is C22H28N8O3. The van der Waals surface area contributed by atoms with Gasteiger partial charge in [-0.15, -0.1) is 0 Å². The third kappa shape index (κ3) is 5.48. The molecule has 11 heteroatoms. The molecule has 0 bridgehead atoms. The standard InChI is InChI=1S/C22H28N8O3/c1-22(2,3)17-13-18(28-33-17)27-21(31)30-11-9-29(10-12-30)19-16(5-4-7-24-19)32-14-15-6-8-25-20(23)26-15/h4-8,13H,9-12,14H2,1-3H3,(H2,23,25,26)(H,27,28,31). The smallest absolute Gasteiger partial charge is 0.323 e. The number of anilines is 3. The molecule has 1 aliphatic heterocycles. The molecule has 2 amide bonds. The summed E-state index contributed by atoms with van der Waals surface area (Å²) in [6, 6.07) is 6.99. The van der Waals surface area contributed by atoms with E-state index in [1.807, 2.05) is 32.9 Å². The first-order valence-corrected chi connectivity index (χ1v) is 10.7. The van der Waals surface area contributed by atoms with Gasteiger partial charge in [0.05, 0.1) is 5.69 Å². The Morgan fingerprint density at radius 2 is 1.97 bits per heavy atom. The summed E-state index contributed by atoms with van der Waals surface area (Å²) in [5.74, 6) is 2.71. The van der Waals surface area contributed by atoms with E-state index >= 15 is 0 Å². The fourth-order valence-electron chi connectivity index (χ4n) is 3.37. The van der Waals surface area contributed by atoms with E-state index in [0.29, 0.717) is 43.4 Å². The van der Waals surface area contributed by atoms with Gasteiger partial charge in [-0.1, -0.05) is 25.9 Å². The fourth-order valence-corrected chi connectivity index (χ4v) is 3.37. The molecule has 174 valence electrons. The Hall–Kier alpha value is -3.89. The first-order chi connectivity index (χ1) is 15.8. The van der Waals surface area contributed by atoms with Gasteiger partial charge in [0.2, 0.25) is 5.95 Å². The van der Waals surface area contributed by atoms with Crippen LogP contribution < -0.4 is 20.7 Å². The number of nitrogens with two attached hydrogens (primary N) is 1. The largest absolute Gasteiger partial charge is 0.483 e. The van der Waals surface area contributed by atoms with Gasteiger partial charge in [0.15, 0.2) is 17.4 Å². The Balaban J connectivity index is 1.34. The Labute approximate surface area is 191 Å². The normalized spacial score (nSPS) is 14.3. The second-order valence-electron chi connectivity index (χ2n) is 8.75. The quantitative estimate of drug-likeness (QED) is 0.599. The summed E-state index contributed by atoms with van der Waals surface area (Å²) in [4.78, 5) is 29.1. The maximum absolute atomic E-state index is 12.7. The average molecular weight is 453 g/mol. The van der Waals surface area contributed by atoms with Crippen molar-refractivity contribution in [2.45, 2.75) is 32.8 Å². The van der Waals surface area contributed by atoms with Gasteiger partial charge in [-0.25, -0.2) is 19.7 Å². The number of nitrogen functional groups attached to an aromatic ring is 1. The van der Waals surface area contributed by atoms with E-state index in [2.05, 4.69) is 30.3 Å². The summed E-state index contributed by atoms with van der Waals surface area (Å²) in [5.41, 5.74) is 6.14. The summed E-state index contributed by atoms with van der Waals surface area (Å²) < 4.78 is 11.3. The zero-order valence-electron chi connectivity index (χ0n) is 19.0. The van der Waals surface area contributed by atoms with Gasteiger partial charge in [-0.05, 0) is 18.2 Å². The second kappa shape index (κ2) is 9.31. The van der Waals surface area contributed by atoms with Crippen LogP contribution in [-0.4, -0.2) is 57.2 Å². The monoisotopic (exact) mass is 452 g/mol. The average Bonchev–Trinajstić information content (AvgIpc) is 3.27. The summed E-state index contributed by atoms with van der Waals surface area (Å²) in [6.07, 6.45) is 3.32. The lowest BCUT2D eigenvalue weighted by Crippen LogP contribution is -2.50. The Morgan fingerprint density at radius 3 is 2.67 bits per heavy atom. The van der Waals surface area contributed by atoms with Gasteiger partial charge in [0.1, 0.15) is 12.4 Å². The topological polar surface area (TPSA) is 136 Å². The summed E-state index contributed by atoms with van der Waals surface area (Å²) >= 11 is 0. The number of nitrogens with one attached hydrogen (secondary N) is 1. The number of aromatic nitrogens is 4. The van der Waals surface area contributed by atoms with Crippen LogP contribution >= 0.6 is 0 Å². The molecule has 0 unspecified atom stereocenters. The number of piperazine rings is 1. The number of urea groups is 1. The van der Waals surface area contributed by atoms with Crippen LogP contribution in [0.2, 0.25) is 0 Å². The minimum absolute atomic E-state index is 0.176. The summed E-state index contributed by atoms with van der Waals surface area (Å²) in [5, 5.41) is 6.77. The minimum atomic E-state index is -0.206. The van der Waals surface area contributed by atoms with E-state index in [4.69, 9.17) is 15.0 Å². The molecule has 3 aromatic heterocycles. The van der Waals surface area contributed by atoms with E-state index in [-0.39, 0.29) is 24.0 Å². The molecule has 3 N–H and O–H groups in total. The van der Waals surface area contributed by atoms with Gasteiger partial charge in [0.25, 0.3) is 0 Å². The highest BCUT2D eigenvalue weighted by Crippen LogP contribution is 2.27. The van der Waals surface area contributed by atoms with Crippen molar-refractivity contribution < 1.29 is 14.1 Å². The number of ether oxygens (including phenoxy) is 1. The van der Waals surface area contributed by atoms with Crippen molar-refractivity contribution in [1.82, 2.24) is 25.0 Å². The van der Waals surface area contributed by atoms with Crippen LogP contribution in [-0.2, 0) is 12.0 Å². The van der Waals surface area contributed by atoms with Crippen molar-refractivity contribution in [2.24, 2.45) is 0 Å². The predicted octanol–water partition coefficient (Wildman–Crippen LogP) is 2.67. The predicted molar refractivity (Wildman–Crippen MR) is 123 cm³/mol. The van der Waals surface area contributed by atoms with Crippen molar-refractivity contribution in [3.63, 3.8) is 0 Å². The molecular weight excluding hydrogens is 424 g/mol. The number of amides is 2. The second-order valence-corrected chi connectivity index (χ2v) is 8.75. The third-order valence-electron chi connectivity index (χ3n) is 5.21. The van der Waals surface area contributed by atoms with Crippen LogP contribution in [0, 0.1) is 0 Å². The Morgan fingerprint density at radius 1 is 1.18 bits per heavy atom. The first-order valence-electron chi connectivity index (χ1n) is 10.7. The zero-order valence-corrected chi connectivity index (χ0v) is 19.0. The molecule has 4 rings (SSSR count). The highest BCUT2D eigenvalue weighted by atomic mass is 16.5. The molecule has 0 spiro atoms. The van der Waals surface area contributed by atoms with Gasteiger partial charge in [0, 0.05) is 50.1 Å². The number of rotatable bonds is 5. The molecule has 0 aromatic carbocycles. The maximum atomic E-state index is 12.7. The van der Waals surface area contributed by atoms with Gasteiger partial charge in [-0.3, -0.25) is 5.32 Å². The molecule has 3 aromatic rings. The van der Waals surface area contributed by atoms with Crippen LogP contribution in [0.15, 0.2) is 41.2 Å². The number of pyridine rings is 1. The number of nitrogens with zero attached hydrogens (tertiary/aromatic N) is 6. The minimum Gasteiger partial charge on any atom is -0.483 e. The SMILES string of the molecule is CC(C)(C)c1cc(NC(=O)N2CCN(c3ncccc3OCc3ccnc(N)n3)CC2)no1. The molecule has 33 heavy (non-hydrogen) atoms. The van der Waals surface area contributed by atoms with Gasteiger partial charge in [-0.2, -0.15) is 0 Å². The van der Waals surface area contributed by atoms with Crippen molar-refractivity contribution in [2.75, 3.05) is 42.1 Å².